The van der Waals surface area contributed by atoms with E-state index < -0.39 is 0 Å². The lowest BCUT2D eigenvalue weighted by atomic mass is 10.1. The van der Waals surface area contributed by atoms with Crippen LogP contribution in [-0.2, 0) is 22.6 Å². The molecule has 0 heterocycles. The Bertz CT molecular complexity index is 1020. The molecule has 3 aromatic rings. The Kier molecular flexibility index (Phi) is 7.86. The van der Waals surface area contributed by atoms with Gasteiger partial charge >= 0.3 is 0 Å². The van der Waals surface area contributed by atoms with Crippen LogP contribution in [-0.4, -0.2) is 44.5 Å². The van der Waals surface area contributed by atoms with Gasteiger partial charge in [0.2, 0.25) is 11.8 Å². The van der Waals surface area contributed by atoms with Gasteiger partial charge in [-0.1, -0.05) is 42.5 Å². The molecule has 3 rings (SSSR count). The second kappa shape index (κ2) is 11.0. The minimum atomic E-state index is -0.238. The van der Waals surface area contributed by atoms with E-state index in [9.17, 15) is 9.59 Å². The molecule has 0 aliphatic heterocycles. The van der Waals surface area contributed by atoms with Crippen molar-refractivity contribution in [2.75, 3.05) is 38.0 Å². The third kappa shape index (κ3) is 6.60. The molecule has 3 aromatic carbocycles. The van der Waals surface area contributed by atoms with Gasteiger partial charge in [0.25, 0.3) is 0 Å². The highest BCUT2D eigenvalue weighted by Crippen LogP contribution is 2.17. The van der Waals surface area contributed by atoms with E-state index in [1.54, 1.807) is 12.0 Å². The Balaban J connectivity index is 1.71. The van der Waals surface area contributed by atoms with Gasteiger partial charge in [-0.25, -0.2) is 0 Å². The molecule has 6 nitrogen and oxygen atoms in total. The number of methoxy groups -OCH3 is 1. The number of nitrogens with one attached hydrogen (secondary N) is 1. The number of hydrogen-bond acceptors (Lipinski definition) is 4. The Morgan fingerprint density at radius 1 is 0.844 bits per heavy atom. The highest BCUT2D eigenvalue weighted by atomic mass is 16.5. The van der Waals surface area contributed by atoms with Crippen LogP contribution in [0.5, 0.6) is 5.75 Å². The van der Waals surface area contributed by atoms with Crippen molar-refractivity contribution in [2.24, 2.45) is 0 Å². The summed E-state index contributed by atoms with van der Waals surface area (Å²) < 4.78 is 5.21. The predicted molar refractivity (Wildman–Crippen MR) is 128 cm³/mol. The van der Waals surface area contributed by atoms with E-state index in [4.69, 9.17) is 4.74 Å². The summed E-state index contributed by atoms with van der Waals surface area (Å²) in [5.74, 6) is 0.400. The topological polar surface area (TPSA) is 61.9 Å². The summed E-state index contributed by atoms with van der Waals surface area (Å²) in [6.45, 7) is 0.301. The van der Waals surface area contributed by atoms with Crippen LogP contribution in [0, 0.1) is 0 Å². The normalized spacial score (nSPS) is 10.3. The highest BCUT2D eigenvalue weighted by molar-refractivity contribution is 5.95. The van der Waals surface area contributed by atoms with Crippen LogP contribution in [0.15, 0.2) is 78.9 Å². The van der Waals surface area contributed by atoms with E-state index >= 15 is 0 Å². The molecular weight excluding hydrogens is 402 g/mol. The zero-order valence-corrected chi connectivity index (χ0v) is 18.7. The number of rotatable bonds is 9. The molecule has 32 heavy (non-hydrogen) atoms. The minimum absolute atomic E-state index is 0.0346. The van der Waals surface area contributed by atoms with Crippen LogP contribution in [0.1, 0.15) is 11.1 Å². The van der Waals surface area contributed by atoms with Crippen LogP contribution >= 0.6 is 0 Å². The summed E-state index contributed by atoms with van der Waals surface area (Å²) in [4.78, 5) is 29.4. The van der Waals surface area contributed by atoms with Crippen LogP contribution in [0.3, 0.4) is 0 Å². The first-order valence-corrected chi connectivity index (χ1v) is 10.5. The molecule has 6 heteroatoms. The summed E-state index contributed by atoms with van der Waals surface area (Å²) in [5.41, 5.74) is 3.58. The van der Waals surface area contributed by atoms with E-state index in [1.807, 2.05) is 97.9 Å². The van der Waals surface area contributed by atoms with Gasteiger partial charge in [-0.15, -0.1) is 0 Å². The second-order valence-electron chi connectivity index (χ2n) is 7.75. The molecule has 0 unspecified atom stereocenters. The number of carbonyl (C=O) groups is 2. The molecule has 0 fully saturated rings. The number of nitrogens with zero attached hydrogens (tertiary/aromatic N) is 2. The molecule has 1 N–H and O–H groups in total. The Labute approximate surface area is 189 Å². The predicted octanol–water partition coefficient (Wildman–Crippen LogP) is 3.97. The third-order valence-electron chi connectivity index (χ3n) is 5.09. The number of amides is 2. The summed E-state index contributed by atoms with van der Waals surface area (Å²) in [7, 11) is 5.53. The van der Waals surface area contributed by atoms with Crippen molar-refractivity contribution in [2.45, 2.75) is 13.0 Å². The zero-order chi connectivity index (χ0) is 22.9. The number of ether oxygens (including phenoxy) is 1. The van der Waals surface area contributed by atoms with Gasteiger partial charge in [-0.2, -0.15) is 0 Å². The molecule has 0 bridgehead atoms. The van der Waals surface area contributed by atoms with Crippen LogP contribution in [0.4, 0.5) is 11.4 Å². The first kappa shape index (κ1) is 22.9. The maximum Gasteiger partial charge on any atom is 0.244 e. The Morgan fingerprint density at radius 3 is 2.09 bits per heavy atom. The maximum absolute atomic E-state index is 13.1. The van der Waals surface area contributed by atoms with Gasteiger partial charge in [0.1, 0.15) is 12.3 Å². The molecule has 0 aromatic heterocycles. The van der Waals surface area contributed by atoms with Gasteiger partial charge < -0.3 is 19.9 Å². The van der Waals surface area contributed by atoms with Crippen molar-refractivity contribution >= 4 is 23.2 Å². The number of benzene rings is 3. The molecule has 0 aliphatic rings. The lowest BCUT2D eigenvalue weighted by Crippen LogP contribution is -2.38. The third-order valence-corrected chi connectivity index (χ3v) is 5.09. The fraction of sp³-hybridized carbons (Fsp3) is 0.231. The Morgan fingerprint density at radius 2 is 1.50 bits per heavy atom. The van der Waals surface area contributed by atoms with Gasteiger partial charge in [0.05, 0.1) is 13.5 Å². The van der Waals surface area contributed by atoms with Crippen LogP contribution in [0.2, 0.25) is 0 Å². The quantitative estimate of drug-likeness (QED) is 0.557. The summed E-state index contributed by atoms with van der Waals surface area (Å²) >= 11 is 0. The molecular formula is C26H29N3O3. The molecule has 0 aliphatic carbocycles. The van der Waals surface area contributed by atoms with Gasteiger partial charge in [-0.05, 0) is 47.5 Å². The fourth-order valence-corrected chi connectivity index (χ4v) is 3.28. The van der Waals surface area contributed by atoms with Crippen molar-refractivity contribution in [1.82, 2.24) is 4.90 Å². The van der Waals surface area contributed by atoms with Gasteiger partial charge in [0.15, 0.2) is 0 Å². The molecule has 0 radical (unpaired) electrons. The van der Waals surface area contributed by atoms with E-state index in [0.717, 1.165) is 22.6 Å². The van der Waals surface area contributed by atoms with Crippen LogP contribution in [0.25, 0.3) is 0 Å². The van der Waals surface area contributed by atoms with Crippen molar-refractivity contribution in [3.05, 3.63) is 90.0 Å². The fourth-order valence-electron chi connectivity index (χ4n) is 3.28. The number of hydrogen-bond donors (Lipinski definition) is 1. The smallest absolute Gasteiger partial charge is 0.244 e. The van der Waals surface area contributed by atoms with E-state index in [2.05, 4.69) is 5.32 Å². The SMILES string of the molecule is COc1ccc(CN(CC(=O)Nc2ccc(N(C)C)cc2)C(=O)Cc2ccccc2)cc1. The summed E-state index contributed by atoms with van der Waals surface area (Å²) in [6, 6.07) is 24.6. The summed E-state index contributed by atoms with van der Waals surface area (Å²) in [5, 5.41) is 2.89. The van der Waals surface area contributed by atoms with Crippen molar-refractivity contribution in [3.63, 3.8) is 0 Å². The average molecular weight is 432 g/mol. The summed E-state index contributed by atoms with van der Waals surface area (Å²) in [6.07, 6.45) is 0.238. The molecule has 166 valence electrons. The first-order chi connectivity index (χ1) is 15.4. The molecule has 0 atom stereocenters. The second-order valence-corrected chi connectivity index (χ2v) is 7.75. The van der Waals surface area contributed by atoms with E-state index in [-0.39, 0.29) is 24.8 Å². The van der Waals surface area contributed by atoms with Gasteiger partial charge in [-0.3, -0.25) is 9.59 Å². The molecule has 0 saturated heterocycles. The van der Waals surface area contributed by atoms with E-state index in [1.165, 1.54) is 0 Å². The monoisotopic (exact) mass is 431 g/mol. The number of anilines is 2. The minimum Gasteiger partial charge on any atom is -0.497 e. The molecule has 2 amide bonds. The molecule has 0 spiro atoms. The largest absolute Gasteiger partial charge is 0.497 e. The van der Waals surface area contributed by atoms with Crippen molar-refractivity contribution in [3.8, 4) is 5.75 Å². The van der Waals surface area contributed by atoms with Gasteiger partial charge in [0, 0.05) is 32.0 Å². The standard InChI is InChI=1S/C26H29N3O3/c1-28(2)23-13-11-22(12-14-23)27-25(30)19-29(18-21-9-15-24(32-3)16-10-21)26(31)17-20-7-5-4-6-8-20/h4-16H,17-19H2,1-3H3,(H,27,30). The maximum atomic E-state index is 13.1. The highest BCUT2D eigenvalue weighted by Gasteiger charge is 2.18. The van der Waals surface area contributed by atoms with Crippen LogP contribution < -0.4 is 15.0 Å². The average Bonchev–Trinajstić information content (AvgIpc) is 2.80. The van der Waals surface area contributed by atoms with E-state index in [0.29, 0.717) is 12.2 Å². The number of carbonyl (C=O) groups excluding carboxylic acids is 2. The first-order valence-electron chi connectivity index (χ1n) is 10.5. The zero-order valence-electron chi connectivity index (χ0n) is 18.7. The lowest BCUT2D eigenvalue weighted by molar-refractivity contribution is -0.134. The molecule has 0 saturated carbocycles. The van der Waals surface area contributed by atoms with Crippen molar-refractivity contribution in [1.29, 1.82) is 0 Å². The Hall–Kier alpha value is -3.80. The lowest BCUT2D eigenvalue weighted by Gasteiger charge is -2.23. The van der Waals surface area contributed by atoms with Crippen molar-refractivity contribution < 1.29 is 14.3 Å².